The van der Waals surface area contributed by atoms with Gasteiger partial charge in [-0.05, 0) is 41.6 Å². The Morgan fingerprint density at radius 1 is 1.42 bits per heavy atom. The standard InChI is InChI=1S/C14H14ClNO2S/c1-2-9-5-6-19-13(9)8-16-12-4-3-10(15)7-11(12)14(17)18/h3-7,16H,2,8H2,1H3,(H,17,18). The molecule has 100 valence electrons. The zero-order valence-electron chi connectivity index (χ0n) is 10.4. The van der Waals surface area contributed by atoms with Gasteiger partial charge in [-0.1, -0.05) is 18.5 Å². The maximum atomic E-state index is 11.2. The van der Waals surface area contributed by atoms with Gasteiger partial charge in [0, 0.05) is 22.1 Å². The van der Waals surface area contributed by atoms with E-state index in [1.54, 1.807) is 23.5 Å². The molecule has 0 radical (unpaired) electrons. The summed E-state index contributed by atoms with van der Waals surface area (Å²) in [6.07, 6.45) is 0.979. The quantitative estimate of drug-likeness (QED) is 0.866. The Morgan fingerprint density at radius 3 is 2.89 bits per heavy atom. The molecule has 1 aromatic heterocycles. The molecule has 0 unspecified atom stereocenters. The van der Waals surface area contributed by atoms with Crippen LogP contribution >= 0.6 is 22.9 Å². The monoisotopic (exact) mass is 295 g/mol. The van der Waals surface area contributed by atoms with E-state index < -0.39 is 5.97 Å². The average Bonchev–Trinajstić information content (AvgIpc) is 2.84. The number of carboxylic acid groups (broad SMARTS) is 1. The third-order valence-corrected chi connectivity index (χ3v) is 4.07. The number of rotatable bonds is 5. The Labute approximate surface area is 120 Å². The second kappa shape index (κ2) is 6.08. The molecule has 5 heteroatoms. The SMILES string of the molecule is CCc1ccsc1CNc1ccc(Cl)cc1C(=O)O. The highest BCUT2D eigenvalue weighted by molar-refractivity contribution is 7.10. The second-order valence-electron chi connectivity index (χ2n) is 4.07. The molecule has 2 rings (SSSR count). The summed E-state index contributed by atoms with van der Waals surface area (Å²) >= 11 is 7.49. The zero-order chi connectivity index (χ0) is 13.8. The van der Waals surface area contributed by atoms with E-state index in [2.05, 4.69) is 23.7 Å². The lowest BCUT2D eigenvalue weighted by Gasteiger charge is -2.10. The van der Waals surface area contributed by atoms with Crippen LogP contribution in [0.5, 0.6) is 0 Å². The van der Waals surface area contributed by atoms with E-state index in [0.29, 0.717) is 17.3 Å². The van der Waals surface area contributed by atoms with Crippen molar-refractivity contribution in [1.29, 1.82) is 0 Å². The molecule has 3 nitrogen and oxygen atoms in total. The molecule has 0 saturated carbocycles. The first-order chi connectivity index (χ1) is 9.11. The maximum absolute atomic E-state index is 11.2. The smallest absolute Gasteiger partial charge is 0.337 e. The van der Waals surface area contributed by atoms with Crippen molar-refractivity contribution in [2.75, 3.05) is 5.32 Å². The topological polar surface area (TPSA) is 49.3 Å². The van der Waals surface area contributed by atoms with Crippen LogP contribution in [0.15, 0.2) is 29.6 Å². The van der Waals surface area contributed by atoms with Gasteiger partial charge in [0.05, 0.1) is 5.56 Å². The fourth-order valence-corrected chi connectivity index (χ4v) is 2.95. The van der Waals surface area contributed by atoms with Gasteiger partial charge in [-0.2, -0.15) is 0 Å². The van der Waals surface area contributed by atoms with Crippen molar-refractivity contribution in [2.24, 2.45) is 0 Å². The number of benzene rings is 1. The third kappa shape index (κ3) is 3.28. The van der Waals surface area contributed by atoms with E-state index in [1.807, 2.05) is 0 Å². The number of aromatic carboxylic acids is 1. The van der Waals surface area contributed by atoms with E-state index in [1.165, 1.54) is 16.5 Å². The molecule has 0 saturated heterocycles. The van der Waals surface area contributed by atoms with E-state index in [4.69, 9.17) is 16.7 Å². The van der Waals surface area contributed by atoms with Gasteiger partial charge in [-0.3, -0.25) is 0 Å². The fraction of sp³-hybridized carbons (Fsp3) is 0.214. The van der Waals surface area contributed by atoms with Crippen LogP contribution in [0.1, 0.15) is 27.7 Å². The summed E-state index contributed by atoms with van der Waals surface area (Å²) in [7, 11) is 0. The lowest BCUT2D eigenvalue weighted by atomic mass is 10.1. The van der Waals surface area contributed by atoms with Crippen molar-refractivity contribution in [3.8, 4) is 0 Å². The van der Waals surface area contributed by atoms with Gasteiger partial charge < -0.3 is 10.4 Å². The van der Waals surface area contributed by atoms with Crippen LogP contribution in [-0.2, 0) is 13.0 Å². The van der Waals surface area contributed by atoms with Crippen molar-refractivity contribution >= 4 is 34.6 Å². The Kier molecular flexibility index (Phi) is 4.45. The number of nitrogens with one attached hydrogen (secondary N) is 1. The first-order valence-corrected chi connectivity index (χ1v) is 7.19. The number of carbonyl (C=O) groups is 1. The molecule has 2 N–H and O–H groups in total. The summed E-state index contributed by atoms with van der Waals surface area (Å²) in [6, 6.07) is 6.94. The van der Waals surface area contributed by atoms with Gasteiger partial charge >= 0.3 is 5.97 Å². The van der Waals surface area contributed by atoms with Crippen LogP contribution < -0.4 is 5.32 Å². The minimum Gasteiger partial charge on any atom is -0.478 e. The Balaban J connectivity index is 2.18. The average molecular weight is 296 g/mol. The lowest BCUT2D eigenvalue weighted by Crippen LogP contribution is -2.06. The molecule has 2 aromatic rings. The van der Waals surface area contributed by atoms with Gasteiger partial charge in [0.1, 0.15) is 0 Å². The van der Waals surface area contributed by atoms with Gasteiger partial charge in [0.2, 0.25) is 0 Å². The predicted octanol–water partition coefficient (Wildman–Crippen LogP) is 4.27. The molecule has 0 aliphatic carbocycles. The summed E-state index contributed by atoms with van der Waals surface area (Å²) in [5.74, 6) is -0.980. The van der Waals surface area contributed by atoms with Gasteiger partial charge in [-0.25, -0.2) is 4.79 Å². The van der Waals surface area contributed by atoms with Gasteiger partial charge in [-0.15, -0.1) is 11.3 Å². The summed E-state index contributed by atoms with van der Waals surface area (Å²) < 4.78 is 0. The molecule has 0 spiro atoms. The highest BCUT2D eigenvalue weighted by Crippen LogP contribution is 2.23. The number of hydrogen-bond donors (Lipinski definition) is 2. The number of anilines is 1. The van der Waals surface area contributed by atoms with Crippen molar-refractivity contribution in [2.45, 2.75) is 19.9 Å². The number of hydrogen-bond acceptors (Lipinski definition) is 3. The van der Waals surface area contributed by atoms with E-state index in [9.17, 15) is 4.79 Å². The van der Waals surface area contributed by atoms with Crippen LogP contribution in [0.3, 0.4) is 0 Å². The molecule has 19 heavy (non-hydrogen) atoms. The molecule has 0 atom stereocenters. The van der Waals surface area contributed by atoms with Crippen LogP contribution in [0.25, 0.3) is 0 Å². The lowest BCUT2D eigenvalue weighted by molar-refractivity contribution is 0.0698. The molecular formula is C14H14ClNO2S. The molecule has 1 heterocycles. The summed E-state index contributed by atoms with van der Waals surface area (Å²) in [4.78, 5) is 12.4. The van der Waals surface area contributed by atoms with Gasteiger partial charge in [0.15, 0.2) is 0 Å². The van der Waals surface area contributed by atoms with Crippen LogP contribution in [0.4, 0.5) is 5.69 Å². The minimum absolute atomic E-state index is 0.196. The molecule has 0 aliphatic heterocycles. The predicted molar refractivity (Wildman–Crippen MR) is 79.4 cm³/mol. The Hall–Kier alpha value is -1.52. The third-order valence-electron chi connectivity index (χ3n) is 2.87. The highest BCUT2D eigenvalue weighted by Gasteiger charge is 2.11. The Morgan fingerprint density at radius 2 is 2.21 bits per heavy atom. The molecule has 1 aromatic carbocycles. The van der Waals surface area contributed by atoms with Crippen molar-refractivity contribution in [1.82, 2.24) is 0 Å². The summed E-state index contributed by atoms with van der Waals surface area (Å²) in [5.41, 5.74) is 2.08. The summed E-state index contributed by atoms with van der Waals surface area (Å²) in [6.45, 7) is 2.74. The number of carboxylic acids is 1. The highest BCUT2D eigenvalue weighted by atomic mass is 35.5. The summed E-state index contributed by atoms with van der Waals surface area (Å²) in [5, 5.41) is 14.8. The molecular weight excluding hydrogens is 282 g/mol. The molecule has 0 amide bonds. The largest absolute Gasteiger partial charge is 0.478 e. The number of aryl methyl sites for hydroxylation is 1. The maximum Gasteiger partial charge on any atom is 0.337 e. The van der Waals surface area contributed by atoms with Crippen molar-refractivity contribution < 1.29 is 9.90 Å². The first-order valence-electron chi connectivity index (χ1n) is 5.93. The first kappa shape index (κ1) is 13.9. The molecule has 0 fully saturated rings. The minimum atomic E-state index is -0.980. The number of halogens is 1. The van der Waals surface area contributed by atoms with Crippen LogP contribution in [0.2, 0.25) is 5.02 Å². The van der Waals surface area contributed by atoms with Crippen LogP contribution in [-0.4, -0.2) is 11.1 Å². The Bertz CT molecular complexity index is 595. The van der Waals surface area contributed by atoms with Crippen molar-refractivity contribution in [3.63, 3.8) is 0 Å². The number of thiophene rings is 1. The van der Waals surface area contributed by atoms with Crippen molar-refractivity contribution in [3.05, 3.63) is 50.7 Å². The second-order valence-corrected chi connectivity index (χ2v) is 5.51. The van der Waals surface area contributed by atoms with Crippen LogP contribution in [0, 0.1) is 0 Å². The van der Waals surface area contributed by atoms with E-state index >= 15 is 0 Å². The zero-order valence-corrected chi connectivity index (χ0v) is 12.0. The normalized spacial score (nSPS) is 10.4. The fourth-order valence-electron chi connectivity index (χ4n) is 1.86. The van der Waals surface area contributed by atoms with Gasteiger partial charge in [0.25, 0.3) is 0 Å². The van der Waals surface area contributed by atoms with E-state index in [0.717, 1.165) is 6.42 Å². The molecule has 0 bridgehead atoms. The van der Waals surface area contributed by atoms with E-state index in [-0.39, 0.29) is 5.56 Å². The molecule has 0 aliphatic rings.